The summed E-state index contributed by atoms with van der Waals surface area (Å²) in [5.41, 5.74) is 10.9. The highest BCUT2D eigenvalue weighted by Crippen LogP contribution is 2.32. The van der Waals surface area contributed by atoms with Crippen LogP contribution in [-0.2, 0) is 4.74 Å². The number of hydrogen-bond acceptors (Lipinski definition) is 6. The van der Waals surface area contributed by atoms with Gasteiger partial charge in [-0.2, -0.15) is 0 Å². The van der Waals surface area contributed by atoms with E-state index in [0.717, 1.165) is 34.7 Å². The van der Waals surface area contributed by atoms with Gasteiger partial charge >= 0.3 is 0 Å². The van der Waals surface area contributed by atoms with E-state index in [1.807, 2.05) is 61.9 Å². The SMILES string of the molecule is COCCN(C)c1cnccc1C(C)c1cc(-c2ccccc2)nc(N)n1. The van der Waals surface area contributed by atoms with Gasteiger partial charge in [-0.25, -0.2) is 9.97 Å². The molecule has 6 nitrogen and oxygen atoms in total. The lowest BCUT2D eigenvalue weighted by molar-refractivity contribution is 0.206. The number of aromatic nitrogens is 3. The fourth-order valence-corrected chi connectivity index (χ4v) is 3.05. The van der Waals surface area contributed by atoms with Crippen LogP contribution in [0.3, 0.4) is 0 Å². The second kappa shape index (κ2) is 8.60. The summed E-state index contributed by atoms with van der Waals surface area (Å²) in [7, 11) is 3.74. The molecule has 1 unspecified atom stereocenters. The van der Waals surface area contributed by atoms with E-state index in [1.165, 1.54) is 0 Å². The molecule has 2 heterocycles. The maximum absolute atomic E-state index is 6.01. The Morgan fingerprint density at radius 1 is 1.15 bits per heavy atom. The van der Waals surface area contributed by atoms with Crippen molar-refractivity contribution in [3.63, 3.8) is 0 Å². The van der Waals surface area contributed by atoms with Gasteiger partial charge in [0.05, 0.1) is 29.9 Å². The Morgan fingerprint density at radius 3 is 2.67 bits per heavy atom. The molecular weight excluding hydrogens is 338 g/mol. The Balaban J connectivity index is 1.97. The van der Waals surface area contributed by atoms with Gasteiger partial charge in [0.25, 0.3) is 0 Å². The topological polar surface area (TPSA) is 77.2 Å². The Hall–Kier alpha value is -2.99. The molecule has 0 amide bonds. The van der Waals surface area contributed by atoms with Gasteiger partial charge < -0.3 is 15.4 Å². The van der Waals surface area contributed by atoms with Crippen LogP contribution in [0, 0.1) is 0 Å². The maximum Gasteiger partial charge on any atom is 0.220 e. The third kappa shape index (κ3) is 4.41. The van der Waals surface area contributed by atoms with Crippen LogP contribution in [0.4, 0.5) is 11.6 Å². The lowest BCUT2D eigenvalue weighted by Gasteiger charge is -2.24. The molecule has 6 heteroatoms. The van der Waals surface area contributed by atoms with Crippen LogP contribution in [0.2, 0.25) is 0 Å². The maximum atomic E-state index is 6.01. The fraction of sp³-hybridized carbons (Fsp3) is 0.286. The summed E-state index contributed by atoms with van der Waals surface area (Å²) in [5, 5.41) is 0. The molecule has 0 spiro atoms. The summed E-state index contributed by atoms with van der Waals surface area (Å²) < 4.78 is 5.20. The second-order valence-electron chi connectivity index (χ2n) is 6.47. The molecule has 0 saturated heterocycles. The van der Waals surface area contributed by atoms with Crippen molar-refractivity contribution < 1.29 is 4.74 Å². The predicted molar refractivity (Wildman–Crippen MR) is 109 cm³/mol. The Labute approximate surface area is 160 Å². The average Bonchev–Trinajstić information content (AvgIpc) is 2.71. The second-order valence-corrected chi connectivity index (χ2v) is 6.47. The van der Waals surface area contributed by atoms with Gasteiger partial charge in [0, 0.05) is 38.4 Å². The van der Waals surface area contributed by atoms with Gasteiger partial charge in [0.15, 0.2) is 0 Å². The summed E-state index contributed by atoms with van der Waals surface area (Å²) in [6, 6.07) is 14.0. The highest BCUT2D eigenvalue weighted by molar-refractivity contribution is 5.62. The summed E-state index contributed by atoms with van der Waals surface area (Å²) in [6.07, 6.45) is 3.69. The first-order valence-electron chi connectivity index (χ1n) is 8.94. The van der Waals surface area contributed by atoms with E-state index < -0.39 is 0 Å². The van der Waals surface area contributed by atoms with Crippen molar-refractivity contribution in [2.75, 3.05) is 37.9 Å². The lowest BCUT2D eigenvalue weighted by Crippen LogP contribution is -2.24. The highest BCUT2D eigenvalue weighted by Gasteiger charge is 2.18. The molecule has 1 aromatic carbocycles. The van der Waals surface area contributed by atoms with Crippen LogP contribution in [-0.4, -0.2) is 42.3 Å². The van der Waals surface area contributed by atoms with E-state index in [4.69, 9.17) is 10.5 Å². The van der Waals surface area contributed by atoms with Crippen molar-refractivity contribution in [2.24, 2.45) is 0 Å². The molecule has 3 rings (SSSR count). The minimum Gasteiger partial charge on any atom is -0.383 e. The zero-order valence-corrected chi connectivity index (χ0v) is 16.0. The molecule has 0 aliphatic carbocycles. The fourth-order valence-electron chi connectivity index (χ4n) is 3.05. The molecule has 0 saturated carbocycles. The molecule has 0 bridgehead atoms. The van der Waals surface area contributed by atoms with Gasteiger partial charge in [-0.05, 0) is 17.7 Å². The van der Waals surface area contributed by atoms with E-state index in [1.54, 1.807) is 7.11 Å². The van der Waals surface area contributed by atoms with Gasteiger partial charge in [-0.1, -0.05) is 37.3 Å². The van der Waals surface area contributed by atoms with E-state index >= 15 is 0 Å². The predicted octanol–water partition coefficient (Wildman–Crippen LogP) is 3.36. The summed E-state index contributed by atoms with van der Waals surface area (Å²) >= 11 is 0. The number of ether oxygens (including phenoxy) is 1. The largest absolute Gasteiger partial charge is 0.383 e. The number of benzene rings is 1. The van der Waals surface area contributed by atoms with E-state index in [9.17, 15) is 0 Å². The number of methoxy groups -OCH3 is 1. The minimum absolute atomic E-state index is 0.0424. The number of hydrogen-bond donors (Lipinski definition) is 1. The minimum atomic E-state index is 0.0424. The standard InChI is InChI=1S/C21H25N5O/c1-15(17-9-10-23-14-20(17)26(2)11-12-27-3)18-13-19(25-21(22)24-18)16-7-5-4-6-8-16/h4-10,13-15H,11-12H2,1-3H3,(H2,22,24,25). The van der Waals surface area contributed by atoms with Gasteiger partial charge in [0.2, 0.25) is 5.95 Å². The third-order valence-electron chi connectivity index (χ3n) is 4.62. The van der Waals surface area contributed by atoms with Gasteiger partial charge in [-0.3, -0.25) is 4.98 Å². The van der Waals surface area contributed by atoms with Crippen LogP contribution in [0.25, 0.3) is 11.3 Å². The van der Waals surface area contributed by atoms with E-state index in [-0.39, 0.29) is 11.9 Å². The first-order valence-corrected chi connectivity index (χ1v) is 8.94. The monoisotopic (exact) mass is 363 g/mol. The van der Waals surface area contributed by atoms with E-state index in [2.05, 4.69) is 26.8 Å². The van der Waals surface area contributed by atoms with Crippen LogP contribution >= 0.6 is 0 Å². The summed E-state index contributed by atoms with van der Waals surface area (Å²) in [5.74, 6) is 0.322. The zero-order valence-electron chi connectivity index (χ0n) is 16.0. The molecule has 2 aromatic heterocycles. The van der Waals surface area contributed by atoms with Crippen molar-refractivity contribution in [3.05, 3.63) is 66.1 Å². The first kappa shape index (κ1) is 18.8. The molecular formula is C21H25N5O. The van der Waals surface area contributed by atoms with Gasteiger partial charge in [0.1, 0.15) is 0 Å². The van der Waals surface area contributed by atoms with E-state index in [0.29, 0.717) is 6.61 Å². The molecule has 1 atom stereocenters. The Morgan fingerprint density at radius 2 is 1.93 bits per heavy atom. The zero-order chi connectivity index (χ0) is 19.2. The van der Waals surface area contributed by atoms with Crippen molar-refractivity contribution >= 4 is 11.6 Å². The number of likely N-dealkylation sites (N-methyl/N-ethyl adjacent to an activating group) is 1. The van der Waals surface area contributed by atoms with Crippen molar-refractivity contribution in [3.8, 4) is 11.3 Å². The Kier molecular flexibility index (Phi) is 5.98. The van der Waals surface area contributed by atoms with Crippen LogP contribution in [0.5, 0.6) is 0 Å². The summed E-state index contributed by atoms with van der Waals surface area (Å²) in [4.78, 5) is 15.3. The number of rotatable bonds is 7. The molecule has 2 N–H and O–H groups in total. The lowest BCUT2D eigenvalue weighted by atomic mass is 9.95. The Bertz CT molecular complexity index is 885. The van der Waals surface area contributed by atoms with Crippen LogP contribution in [0.1, 0.15) is 24.1 Å². The van der Waals surface area contributed by atoms with Crippen LogP contribution in [0.15, 0.2) is 54.9 Å². The molecule has 0 radical (unpaired) electrons. The smallest absolute Gasteiger partial charge is 0.220 e. The average molecular weight is 363 g/mol. The highest BCUT2D eigenvalue weighted by atomic mass is 16.5. The van der Waals surface area contributed by atoms with Crippen molar-refractivity contribution in [2.45, 2.75) is 12.8 Å². The molecule has 0 aliphatic rings. The van der Waals surface area contributed by atoms with Crippen molar-refractivity contribution in [1.82, 2.24) is 15.0 Å². The normalized spacial score (nSPS) is 12.0. The van der Waals surface area contributed by atoms with Crippen molar-refractivity contribution in [1.29, 1.82) is 0 Å². The molecule has 27 heavy (non-hydrogen) atoms. The molecule has 0 fully saturated rings. The number of nitrogens with zero attached hydrogens (tertiary/aromatic N) is 4. The molecule has 0 aliphatic heterocycles. The molecule has 140 valence electrons. The van der Waals surface area contributed by atoms with Crippen LogP contribution < -0.4 is 10.6 Å². The number of nitrogens with two attached hydrogens (primary N) is 1. The molecule has 3 aromatic rings. The first-order chi connectivity index (χ1) is 13.1. The number of nitrogen functional groups attached to an aromatic ring is 1. The van der Waals surface area contributed by atoms with Gasteiger partial charge in [-0.15, -0.1) is 0 Å². The summed E-state index contributed by atoms with van der Waals surface area (Å²) in [6.45, 7) is 3.56. The third-order valence-corrected chi connectivity index (χ3v) is 4.62. The number of pyridine rings is 1. The quantitative estimate of drug-likeness (QED) is 0.694. The number of anilines is 2.